The van der Waals surface area contributed by atoms with Crippen molar-refractivity contribution in [1.29, 1.82) is 0 Å². The van der Waals surface area contributed by atoms with Crippen LogP contribution in [0.3, 0.4) is 0 Å². The summed E-state index contributed by atoms with van der Waals surface area (Å²) in [5.41, 5.74) is 7.76. The zero-order valence-electron chi connectivity index (χ0n) is 12.1. The molecule has 1 aromatic rings. The van der Waals surface area contributed by atoms with Crippen LogP contribution < -0.4 is 5.73 Å². The van der Waals surface area contributed by atoms with E-state index < -0.39 is 5.41 Å². The Morgan fingerprint density at radius 2 is 1.55 bits per heavy atom. The first-order chi connectivity index (χ1) is 9.16. The molecule has 0 aromatic heterocycles. The molecule has 0 bridgehead atoms. The zero-order valence-corrected chi connectivity index (χ0v) is 12.9. The van der Waals surface area contributed by atoms with E-state index in [0.717, 1.165) is 11.1 Å². The molecular formula is C15H18N2O2S. The van der Waals surface area contributed by atoms with Crippen LogP contribution in [0.2, 0.25) is 0 Å². The van der Waals surface area contributed by atoms with Gasteiger partial charge in [0.2, 0.25) is 0 Å². The lowest BCUT2D eigenvalue weighted by atomic mass is 9.93. The van der Waals surface area contributed by atoms with E-state index in [1.807, 2.05) is 39.8 Å². The first-order valence-corrected chi connectivity index (χ1v) is 6.84. The number of amides is 2. The average molecular weight is 290 g/mol. The number of nitrogens with zero attached hydrogens (tertiary/aromatic N) is 1. The second kappa shape index (κ2) is 4.66. The number of nitrogens with two attached hydrogens (primary N) is 1. The van der Waals surface area contributed by atoms with Gasteiger partial charge in [0.1, 0.15) is 0 Å². The lowest BCUT2D eigenvalue weighted by molar-refractivity contribution is 0.0620. The molecule has 1 aliphatic rings. The third-order valence-corrected chi connectivity index (χ3v) is 4.31. The first kappa shape index (κ1) is 14.7. The highest BCUT2D eigenvalue weighted by atomic mass is 32.1. The maximum absolute atomic E-state index is 12.5. The van der Waals surface area contributed by atoms with Crippen LogP contribution in [0.5, 0.6) is 0 Å². The van der Waals surface area contributed by atoms with E-state index in [9.17, 15) is 9.59 Å². The van der Waals surface area contributed by atoms with Gasteiger partial charge < -0.3 is 5.73 Å². The van der Waals surface area contributed by atoms with Crippen molar-refractivity contribution in [2.45, 2.75) is 27.7 Å². The maximum Gasteiger partial charge on any atom is 0.261 e. The van der Waals surface area contributed by atoms with Gasteiger partial charge in [0.05, 0.1) is 16.1 Å². The van der Waals surface area contributed by atoms with Gasteiger partial charge >= 0.3 is 0 Å². The van der Waals surface area contributed by atoms with Crippen molar-refractivity contribution in [2.75, 3.05) is 6.54 Å². The molecule has 0 atom stereocenters. The lowest BCUT2D eigenvalue weighted by Gasteiger charge is -2.27. The molecule has 1 aliphatic heterocycles. The predicted octanol–water partition coefficient (Wildman–Crippen LogP) is 2.21. The number of rotatable bonds is 3. The van der Waals surface area contributed by atoms with E-state index in [1.54, 1.807) is 0 Å². The van der Waals surface area contributed by atoms with Crippen molar-refractivity contribution >= 4 is 29.0 Å². The second-order valence-electron chi connectivity index (χ2n) is 5.89. The van der Waals surface area contributed by atoms with Crippen LogP contribution in [-0.4, -0.2) is 28.2 Å². The van der Waals surface area contributed by atoms with E-state index in [-0.39, 0.29) is 18.4 Å². The largest absolute Gasteiger partial charge is 0.393 e. The molecule has 0 unspecified atom stereocenters. The van der Waals surface area contributed by atoms with Gasteiger partial charge in [-0.25, -0.2) is 0 Å². The third kappa shape index (κ3) is 2.12. The van der Waals surface area contributed by atoms with Gasteiger partial charge in [-0.1, -0.05) is 38.2 Å². The molecule has 1 aromatic carbocycles. The highest BCUT2D eigenvalue weighted by molar-refractivity contribution is 7.80. The Morgan fingerprint density at radius 1 is 1.15 bits per heavy atom. The van der Waals surface area contributed by atoms with Crippen LogP contribution in [0.1, 0.15) is 45.7 Å². The molecule has 0 fully saturated rings. The number of imide groups is 1. The van der Waals surface area contributed by atoms with Crippen molar-refractivity contribution in [3.05, 3.63) is 34.4 Å². The Kier molecular flexibility index (Phi) is 3.42. The Hall–Kier alpha value is -1.75. The lowest BCUT2D eigenvalue weighted by Crippen LogP contribution is -2.44. The normalized spacial score (nSPS) is 14.7. The average Bonchev–Trinajstić information content (AvgIpc) is 2.59. The fraction of sp³-hybridized carbons (Fsp3) is 0.400. The number of hydrogen-bond acceptors (Lipinski definition) is 3. The minimum absolute atomic E-state index is 0.202. The molecule has 1 heterocycles. The topological polar surface area (TPSA) is 63.4 Å². The molecule has 0 spiro atoms. The zero-order chi connectivity index (χ0) is 15.2. The smallest absolute Gasteiger partial charge is 0.261 e. The molecular weight excluding hydrogens is 272 g/mol. The molecule has 2 N–H and O–H groups in total. The SMILES string of the molecule is Cc1ccc(C)c2c1C(=O)N(CC(C)(C)C(N)=S)C2=O. The number of benzene rings is 1. The van der Waals surface area contributed by atoms with Crippen molar-refractivity contribution < 1.29 is 9.59 Å². The summed E-state index contributed by atoms with van der Waals surface area (Å²) in [6, 6.07) is 3.73. The Bertz CT molecular complexity index is 594. The summed E-state index contributed by atoms with van der Waals surface area (Å²) in [4.78, 5) is 26.6. The summed E-state index contributed by atoms with van der Waals surface area (Å²) in [7, 11) is 0. The first-order valence-electron chi connectivity index (χ1n) is 6.43. The Balaban J connectivity index is 2.46. The Labute approximate surface area is 123 Å². The molecule has 0 aliphatic carbocycles. The second-order valence-corrected chi connectivity index (χ2v) is 6.33. The minimum Gasteiger partial charge on any atom is -0.393 e. The molecule has 2 amide bonds. The van der Waals surface area contributed by atoms with Gasteiger partial charge in [0.15, 0.2) is 0 Å². The molecule has 2 rings (SSSR count). The predicted molar refractivity (Wildman–Crippen MR) is 81.8 cm³/mol. The minimum atomic E-state index is -0.579. The quantitative estimate of drug-likeness (QED) is 0.685. The van der Waals surface area contributed by atoms with Gasteiger partial charge in [0, 0.05) is 12.0 Å². The molecule has 4 nitrogen and oxygen atoms in total. The number of thiocarbonyl (C=S) groups is 1. The maximum atomic E-state index is 12.5. The summed E-state index contributed by atoms with van der Waals surface area (Å²) in [6.45, 7) is 7.54. The monoisotopic (exact) mass is 290 g/mol. The van der Waals surface area contributed by atoms with Crippen molar-refractivity contribution in [1.82, 2.24) is 4.90 Å². The number of aryl methyl sites for hydroxylation is 2. The van der Waals surface area contributed by atoms with Crippen LogP contribution >= 0.6 is 12.2 Å². The summed E-state index contributed by atoms with van der Waals surface area (Å²) in [5.74, 6) is -0.508. The van der Waals surface area contributed by atoms with E-state index in [0.29, 0.717) is 16.1 Å². The van der Waals surface area contributed by atoms with Gasteiger partial charge in [0.25, 0.3) is 11.8 Å². The van der Waals surface area contributed by atoms with Gasteiger partial charge in [-0.15, -0.1) is 0 Å². The van der Waals surface area contributed by atoms with Crippen LogP contribution in [0, 0.1) is 19.3 Å². The number of carbonyl (C=O) groups is 2. The summed E-state index contributed by atoms with van der Waals surface area (Å²) < 4.78 is 0. The standard InChI is InChI=1S/C15H18N2O2S/c1-8-5-6-9(2)11-10(8)12(18)17(13(11)19)7-15(3,4)14(16)20/h5-6H,7H2,1-4H3,(H2,16,20). The van der Waals surface area contributed by atoms with Crippen LogP contribution in [0.4, 0.5) is 0 Å². The molecule has 20 heavy (non-hydrogen) atoms. The summed E-state index contributed by atoms with van der Waals surface area (Å²) in [5, 5.41) is 0. The molecule has 0 radical (unpaired) electrons. The van der Waals surface area contributed by atoms with E-state index in [2.05, 4.69) is 0 Å². The van der Waals surface area contributed by atoms with Crippen LogP contribution in [0.25, 0.3) is 0 Å². The van der Waals surface area contributed by atoms with Crippen LogP contribution in [-0.2, 0) is 0 Å². The molecule has 5 heteroatoms. The van der Waals surface area contributed by atoms with Gasteiger partial charge in [-0.05, 0) is 25.0 Å². The third-order valence-electron chi connectivity index (χ3n) is 3.76. The fourth-order valence-electron chi connectivity index (χ4n) is 2.34. The van der Waals surface area contributed by atoms with E-state index >= 15 is 0 Å². The van der Waals surface area contributed by atoms with Crippen LogP contribution in [0.15, 0.2) is 12.1 Å². The van der Waals surface area contributed by atoms with E-state index in [4.69, 9.17) is 18.0 Å². The molecule has 0 saturated heterocycles. The highest BCUT2D eigenvalue weighted by Crippen LogP contribution is 2.31. The van der Waals surface area contributed by atoms with Crippen molar-refractivity contribution in [3.63, 3.8) is 0 Å². The van der Waals surface area contributed by atoms with Gasteiger partial charge in [-0.3, -0.25) is 14.5 Å². The molecule has 106 valence electrons. The van der Waals surface area contributed by atoms with E-state index in [1.165, 1.54) is 4.90 Å². The van der Waals surface area contributed by atoms with Crippen molar-refractivity contribution in [3.8, 4) is 0 Å². The van der Waals surface area contributed by atoms with Crippen molar-refractivity contribution in [2.24, 2.45) is 11.1 Å². The Morgan fingerprint density at radius 3 is 1.90 bits per heavy atom. The summed E-state index contributed by atoms with van der Waals surface area (Å²) >= 11 is 5.01. The fourth-order valence-corrected chi connectivity index (χ4v) is 2.41. The summed E-state index contributed by atoms with van der Waals surface area (Å²) in [6.07, 6.45) is 0. The number of hydrogen-bond donors (Lipinski definition) is 1. The number of fused-ring (bicyclic) bond motifs is 1. The van der Waals surface area contributed by atoms with Gasteiger partial charge in [-0.2, -0.15) is 0 Å². The molecule has 0 saturated carbocycles. The highest BCUT2D eigenvalue weighted by Gasteiger charge is 2.41. The number of carbonyl (C=O) groups excluding carboxylic acids is 2.